The van der Waals surface area contributed by atoms with E-state index in [9.17, 15) is 14.3 Å². The van der Waals surface area contributed by atoms with Crippen molar-refractivity contribution >= 4 is 23.4 Å². The smallest absolute Gasteiger partial charge is 0.237 e. The van der Waals surface area contributed by atoms with Crippen LogP contribution in [0.4, 0.5) is 10.1 Å². The molecular weight excluding hydrogens is 377 g/mol. The zero-order chi connectivity index (χ0) is 19.5. The molecule has 0 radical (unpaired) electrons. The van der Waals surface area contributed by atoms with Crippen molar-refractivity contribution in [1.29, 1.82) is 0 Å². The van der Waals surface area contributed by atoms with Crippen LogP contribution >= 0.6 is 11.8 Å². The molecule has 0 spiro atoms. The molecule has 7 heteroatoms. The molecule has 0 atom stereocenters. The third-order valence-corrected chi connectivity index (χ3v) is 5.81. The van der Waals surface area contributed by atoms with E-state index in [1.54, 1.807) is 18.3 Å². The quantitative estimate of drug-likeness (QED) is 0.649. The Hall–Kier alpha value is -2.64. The molecule has 1 aliphatic rings. The minimum absolute atomic E-state index is 0.0387. The fraction of sp³-hybridized carbons (Fsp3) is 0.238. The van der Waals surface area contributed by atoms with E-state index in [4.69, 9.17) is 0 Å². The van der Waals surface area contributed by atoms with Crippen LogP contribution in [0, 0.1) is 5.82 Å². The minimum Gasteiger partial charge on any atom is -0.390 e. The highest BCUT2D eigenvalue weighted by Crippen LogP contribution is 2.29. The van der Waals surface area contributed by atoms with Gasteiger partial charge in [-0.3, -0.25) is 4.79 Å². The van der Waals surface area contributed by atoms with E-state index >= 15 is 0 Å². The van der Waals surface area contributed by atoms with Crippen molar-refractivity contribution in [2.75, 3.05) is 17.2 Å². The maximum Gasteiger partial charge on any atom is 0.237 e. The molecule has 4 rings (SSSR count). The SMILES string of the molecule is O=C(CSc1ncc(CO)n1Cc1ccc(F)cc1)N1CCc2ccccc21. The first-order valence-corrected chi connectivity index (χ1v) is 10.0. The maximum absolute atomic E-state index is 13.1. The fourth-order valence-electron chi connectivity index (χ4n) is 3.38. The second kappa shape index (κ2) is 8.16. The van der Waals surface area contributed by atoms with Crippen LogP contribution in [-0.2, 0) is 24.4 Å². The average Bonchev–Trinajstić information content (AvgIpc) is 3.32. The number of imidazole rings is 1. The van der Waals surface area contributed by atoms with Gasteiger partial charge in [-0.25, -0.2) is 9.37 Å². The van der Waals surface area contributed by atoms with Gasteiger partial charge in [0.1, 0.15) is 5.82 Å². The molecule has 1 aliphatic heterocycles. The summed E-state index contributed by atoms with van der Waals surface area (Å²) in [5, 5.41) is 10.3. The summed E-state index contributed by atoms with van der Waals surface area (Å²) in [6.07, 6.45) is 2.49. The van der Waals surface area contributed by atoms with Crippen molar-refractivity contribution in [2.24, 2.45) is 0 Å². The minimum atomic E-state index is -0.289. The molecule has 2 aromatic carbocycles. The van der Waals surface area contributed by atoms with Gasteiger partial charge in [-0.1, -0.05) is 42.1 Å². The number of carbonyl (C=O) groups excluding carboxylic acids is 1. The lowest BCUT2D eigenvalue weighted by atomic mass is 10.2. The Labute approximate surface area is 166 Å². The van der Waals surface area contributed by atoms with E-state index in [0.717, 1.165) is 17.7 Å². The number of halogens is 1. The van der Waals surface area contributed by atoms with E-state index in [-0.39, 0.29) is 24.1 Å². The van der Waals surface area contributed by atoms with E-state index in [1.807, 2.05) is 27.7 Å². The summed E-state index contributed by atoms with van der Waals surface area (Å²) >= 11 is 1.35. The van der Waals surface area contributed by atoms with Crippen molar-refractivity contribution < 1.29 is 14.3 Å². The molecule has 2 heterocycles. The van der Waals surface area contributed by atoms with Crippen LogP contribution in [0.3, 0.4) is 0 Å². The van der Waals surface area contributed by atoms with E-state index in [0.29, 0.717) is 23.9 Å². The van der Waals surface area contributed by atoms with Crippen molar-refractivity contribution in [1.82, 2.24) is 9.55 Å². The van der Waals surface area contributed by atoms with Gasteiger partial charge in [0.2, 0.25) is 5.91 Å². The summed E-state index contributed by atoms with van der Waals surface area (Å²) in [4.78, 5) is 18.9. The lowest BCUT2D eigenvalue weighted by Crippen LogP contribution is -2.30. The maximum atomic E-state index is 13.1. The van der Waals surface area contributed by atoms with Gasteiger partial charge in [-0.2, -0.15) is 0 Å². The van der Waals surface area contributed by atoms with Crippen molar-refractivity contribution in [2.45, 2.75) is 24.7 Å². The number of anilines is 1. The van der Waals surface area contributed by atoms with Gasteiger partial charge in [-0.05, 0) is 35.7 Å². The number of hydrogen-bond acceptors (Lipinski definition) is 4. The summed E-state index contributed by atoms with van der Waals surface area (Å²) in [6, 6.07) is 14.2. The number of aromatic nitrogens is 2. The lowest BCUT2D eigenvalue weighted by molar-refractivity contribution is -0.116. The number of para-hydroxylation sites is 1. The first kappa shape index (κ1) is 18.7. The van der Waals surface area contributed by atoms with Crippen LogP contribution in [0.5, 0.6) is 0 Å². The van der Waals surface area contributed by atoms with Gasteiger partial charge >= 0.3 is 0 Å². The number of rotatable bonds is 6. The highest BCUT2D eigenvalue weighted by atomic mass is 32.2. The number of nitrogens with zero attached hydrogens (tertiary/aromatic N) is 3. The molecule has 28 heavy (non-hydrogen) atoms. The lowest BCUT2D eigenvalue weighted by Gasteiger charge is -2.17. The van der Waals surface area contributed by atoms with Gasteiger partial charge in [0.25, 0.3) is 0 Å². The Kier molecular flexibility index (Phi) is 5.45. The summed E-state index contributed by atoms with van der Waals surface area (Å²) in [5.41, 5.74) is 3.74. The van der Waals surface area contributed by atoms with Crippen molar-refractivity contribution in [3.05, 3.63) is 77.4 Å². The highest BCUT2D eigenvalue weighted by molar-refractivity contribution is 7.99. The third-order valence-electron chi connectivity index (χ3n) is 4.83. The Morgan fingerprint density at radius 3 is 2.75 bits per heavy atom. The zero-order valence-corrected chi connectivity index (χ0v) is 16.0. The molecule has 0 saturated carbocycles. The number of thioether (sulfide) groups is 1. The average molecular weight is 397 g/mol. The summed E-state index contributed by atoms with van der Waals surface area (Å²) in [7, 11) is 0. The number of hydrogen-bond donors (Lipinski definition) is 1. The summed E-state index contributed by atoms with van der Waals surface area (Å²) in [5.74, 6) is 0.0132. The number of fused-ring (bicyclic) bond motifs is 1. The molecule has 1 amide bonds. The number of benzene rings is 2. The number of aliphatic hydroxyl groups is 1. The van der Waals surface area contributed by atoms with Gasteiger partial charge in [-0.15, -0.1) is 0 Å². The Morgan fingerprint density at radius 1 is 1.18 bits per heavy atom. The number of aliphatic hydroxyl groups excluding tert-OH is 1. The third kappa shape index (κ3) is 3.81. The van der Waals surface area contributed by atoms with Crippen LogP contribution in [0.25, 0.3) is 0 Å². The normalized spacial score (nSPS) is 13.0. The first-order chi connectivity index (χ1) is 13.7. The first-order valence-electron chi connectivity index (χ1n) is 9.06. The largest absolute Gasteiger partial charge is 0.390 e. The molecule has 144 valence electrons. The van der Waals surface area contributed by atoms with Gasteiger partial charge < -0.3 is 14.6 Å². The second-order valence-corrected chi connectivity index (χ2v) is 7.56. The second-order valence-electron chi connectivity index (χ2n) is 6.62. The molecular formula is C21H20FN3O2S. The predicted molar refractivity (Wildman–Crippen MR) is 107 cm³/mol. The monoisotopic (exact) mass is 397 g/mol. The van der Waals surface area contributed by atoms with Gasteiger partial charge in [0, 0.05) is 18.8 Å². The van der Waals surface area contributed by atoms with Crippen LogP contribution in [-0.4, -0.2) is 32.9 Å². The molecule has 0 aliphatic carbocycles. The van der Waals surface area contributed by atoms with Crippen molar-refractivity contribution in [3.8, 4) is 0 Å². The fourth-order valence-corrected chi connectivity index (χ4v) is 4.25. The highest BCUT2D eigenvalue weighted by Gasteiger charge is 2.24. The molecule has 1 aromatic heterocycles. The molecule has 1 N–H and O–H groups in total. The standard InChI is InChI=1S/C21H20FN3O2S/c22-17-7-5-15(6-8-17)12-25-18(13-26)11-23-21(25)28-14-20(27)24-10-9-16-3-1-2-4-19(16)24/h1-8,11,26H,9-10,12-14H2. The Bertz CT molecular complexity index is 988. The molecule has 5 nitrogen and oxygen atoms in total. The van der Waals surface area contributed by atoms with E-state index in [1.165, 1.54) is 29.5 Å². The summed E-state index contributed by atoms with van der Waals surface area (Å²) in [6.45, 7) is 1.01. The topological polar surface area (TPSA) is 58.4 Å². The molecule has 0 saturated heterocycles. The van der Waals surface area contributed by atoms with Crippen LogP contribution in [0.2, 0.25) is 0 Å². The van der Waals surface area contributed by atoms with E-state index < -0.39 is 0 Å². The van der Waals surface area contributed by atoms with Crippen molar-refractivity contribution in [3.63, 3.8) is 0 Å². The molecule has 3 aromatic rings. The predicted octanol–water partition coefficient (Wildman–Crippen LogP) is 3.24. The van der Waals surface area contributed by atoms with Crippen LogP contribution in [0.15, 0.2) is 59.9 Å². The zero-order valence-electron chi connectivity index (χ0n) is 15.2. The molecule has 0 bridgehead atoms. The van der Waals surface area contributed by atoms with Gasteiger partial charge in [0.15, 0.2) is 5.16 Å². The molecule has 0 fully saturated rings. The van der Waals surface area contributed by atoms with Crippen LogP contribution in [0.1, 0.15) is 16.8 Å². The van der Waals surface area contributed by atoms with Gasteiger partial charge in [0.05, 0.1) is 24.3 Å². The molecule has 0 unspecified atom stereocenters. The summed E-state index contributed by atoms with van der Waals surface area (Å²) < 4.78 is 15.0. The van der Waals surface area contributed by atoms with E-state index in [2.05, 4.69) is 11.1 Å². The number of amides is 1. The Balaban J connectivity index is 1.47. The number of carbonyl (C=O) groups is 1. The van der Waals surface area contributed by atoms with Crippen LogP contribution < -0.4 is 4.90 Å². The Morgan fingerprint density at radius 2 is 1.96 bits per heavy atom.